The summed E-state index contributed by atoms with van der Waals surface area (Å²) in [6.07, 6.45) is 3.60. The van der Waals surface area contributed by atoms with Gasteiger partial charge in [-0.05, 0) is 39.5 Å². The first-order valence-electron chi connectivity index (χ1n) is 6.93. The maximum Gasteiger partial charge on any atom is 0.242 e. The van der Waals surface area contributed by atoms with E-state index in [4.69, 9.17) is 0 Å². The van der Waals surface area contributed by atoms with E-state index in [9.17, 15) is 8.42 Å². The predicted octanol–water partition coefficient (Wildman–Crippen LogP) is 0.117. The molecular weight excluding hydrogens is 276 g/mol. The lowest BCUT2D eigenvalue weighted by Crippen LogP contribution is -2.46. The summed E-state index contributed by atoms with van der Waals surface area (Å²) in [6.45, 7) is 2.46. The number of sulfonamides is 1. The zero-order valence-electron chi connectivity index (χ0n) is 12.4. The van der Waals surface area contributed by atoms with Crippen molar-refractivity contribution >= 4 is 10.0 Å². The van der Waals surface area contributed by atoms with Crippen molar-refractivity contribution in [3.63, 3.8) is 0 Å². The number of likely N-dealkylation sites (N-methyl/N-ethyl adjacent to an activating group) is 1. The van der Waals surface area contributed by atoms with Gasteiger partial charge >= 0.3 is 0 Å². The molecule has 0 spiro atoms. The van der Waals surface area contributed by atoms with Gasteiger partial charge in [0.1, 0.15) is 0 Å². The van der Waals surface area contributed by atoms with Crippen molar-refractivity contribution in [3.8, 4) is 0 Å². The van der Waals surface area contributed by atoms with Crippen LogP contribution in [0.3, 0.4) is 0 Å². The Morgan fingerprint density at radius 1 is 1.40 bits per heavy atom. The first-order valence-corrected chi connectivity index (χ1v) is 8.41. The van der Waals surface area contributed by atoms with Gasteiger partial charge in [0.05, 0.1) is 4.90 Å². The van der Waals surface area contributed by atoms with Crippen molar-refractivity contribution in [1.29, 1.82) is 0 Å². The molecule has 2 rings (SSSR count). The van der Waals surface area contributed by atoms with Gasteiger partial charge in [0.15, 0.2) is 0 Å². The molecule has 0 radical (unpaired) electrons. The molecular formula is C13H24N4O2S. The van der Waals surface area contributed by atoms with Gasteiger partial charge in [0.25, 0.3) is 0 Å². The summed E-state index contributed by atoms with van der Waals surface area (Å²) in [6, 6.07) is 1.73. The maximum atomic E-state index is 12.4. The van der Waals surface area contributed by atoms with Crippen LogP contribution in [-0.4, -0.2) is 51.1 Å². The third-order valence-corrected chi connectivity index (χ3v) is 5.18. The normalized spacial score (nSPS) is 21.2. The van der Waals surface area contributed by atoms with Crippen LogP contribution < -0.4 is 10.0 Å². The molecule has 1 aliphatic rings. The number of piperidine rings is 1. The molecule has 2 heterocycles. The van der Waals surface area contributed by atoms with E-state index >= 15 is 0 Å². The average molecular weight is 300 g/mol. The minimum Gasteiger partial charge on any atom is -0.352 e. The molecule has 6 nitrogen and oxygen atoms in total. The Hall–Kier alpha value is -0.890. The van der Waals surface area contributed by atoms with Gasteiger partial charge in [-0.15, -0.1) is 0 Å². The second-order valence-corrected chi connectivity index (χ2v) is 7.25. The number of rotatable bonds is 5. The molecule has 2 N–H and O–H groups in total. The van der Waals surface area contributed by atoms with Crippen LogP contribution in [0.5, 0.6) is 0 Å². The minimum atomic E-state index is -3.43. The highest BCUT2D eigenvalue weighted by atomic mass is 32.2. The Kier molecular flexibility index (Phi) is 4.85. The monoisotopic (exact) mass is 300 g/mol. The average Bonchev–Trinajstić information content (AvgIpc) is 2.72. The molecule has 1 saturated heterocycles. The minimum absolute atomic E-state index is 0.00621. The van der Waals surface area contributed by atoms with Crippen molar-refractivity contribution in [3.05, 3.63) is 18.0 Å². The van der Waals surface area contributed by atoms with Crippen LogP contribution in [-0.2, 0) is 23.6 Å². The van der Waals surface area contributed by atoms with E-state index < -0.39 is 10.0 Å². The zero-order valence-corrected chi connectivity index (χ0v) is 13.2. The highest BCUT2D eigenvalue weighted by Crippen LogP contribution is 2.16. The maximum absolute atomic E-state index is 12.4. The number of hydrogen-bond acceptors (Lipinski definition) is 4. The van der Waals surface area contributed by atoms with Gasteiger partial charge in [-0.2, -0.15) is 0 Å². The lowest BCUT2D eigenvalue weighted by atomic mass is 10.1. The smallest absolute Gasteiger partial charge is 0.242 e. The van der Waals surface area contributed by atoms with Crippen LogP contribution >= 0.6 is 0 Å². The molecule has 7 heteroatoms. The zero-order chi connectivity index (χ0) is 14.8. The van der Waals surface area contributed by atoms with Gasteiger partial charge < -0.3 is 14.8 Å². The molecule has 0 aromatic carbocycles. The van der Waals surface area contributed by atoms with E-state index in [0.29, 0.717) is 11.4 Å². The Morgan fingerprint density at radius 3 is 2.80 bits per heavy atom. The highest BCUT2D eigenvalue weighted by molar-refractivity contribution is 7.89. The fourth-order valence-electron chi connectivity index (χ4n) is 2.63. The molecule has 1 aromatic rings. The van der Waals surface area contributed by atoms with E-state index in [1.54, 1.807) is 12.3 Å². The third kappa shape index (κ3) is 3.60. The molecule has 0 bridgehead atoms. The number of nitrogens with one attached hydrogen (secondary N) is 2. The van der Waals surface area contributed by atoms with Crippen LogP contribution in [0.4, 0.5) is 0 Å². The number of aromatic nitrogens is 1. The predicted molar refractivity (Wildman–Crippen MR) is 79.0 cm³/mol. The molecule has 1 unspecified atom stereocenters. The molecule has 20 heavy (non-hydrogen) atoms. The summed E-state index contributed by atoms with van der Waals surface area (Å²) < 4.78 is 29.5. The van der Waals surface area contributed by atoms with E-state index in [0.717, 1.165) is 31.6 Å². The summed E-state index contributed by atoms with van der Waals surface area (Å²) in [5.41, 5.74) is 0.952. The lowest BCUT2D eigenvalue weighted by molar-refractivity contribution is 0.242. The molecule has 1 aromatic heterocycles. The van der Waals surface area contributed by atoms with Gasteiger partial charge in [0.2, 0.25) is 10.0 Å². The summed E-state index contributed by atoms with van der Waals surface area (Å²) in [4.78, 5) is 2.51. The third-order valence-electron chi connectivity index (χ3n) is 3.70. The lowest BCUT2D eigenvalue weighted by Gasteiger charge is -2.29. The van der Waals surface area contributed by atoms with Crippen LogP contribution in [0.25, 0.3) is 0 Å². The van der Waals surface area contributed by atoms with Crippen molar-refractivity contribution in [1.82, 2.24) is 19.5 Å². The van der Waals surface area contributed by atoms with Gasteiger partial charge in [0, 0.05) is 38.1 Å². The number of hydrogen-bond donors (Lipinski definition) is 2. The van der Waals surface area contributed by atoms with Gasteiger partial charge in [-0.3, -0.25) is 0 Å². The molecule has 0 amide bonds. The van der Waals surface area contributed by atoms with Gasteiger partial charge in [-0.25, -0.2) is 13.1 Å². The fraction of sp³-hybridized carbons (Fsp3) is 0.692. The number of likely N-dealkylation sites (tertiary alicyclic amines) is 1. The Labute approximate surface area is 121 Å². The number of nitrogens with zero attached hydrogens (tertiary/aromatic N) is 2. The van der Waals surface area contributed by atoms with Crippen molar-refractivity contribution < 1.29 is 8.42 Å². The van der Waals surface area contributed by atoms with Crippen molar-refractivity contribution in [2.24, 2.45) is 7.05 Å². The van der Waals surface area contributed by atoms with Crippen LogP contribution in [0.15, 0.2) is 17.2 Å². The SMILES string of the molecule is CNCc1cc(S(=O)(=O)NC2CCCN(C)C2)cn1C. The number of aryl methyl sites for hydroxylation is 1. The van der Waals surface area contributed by atoms with E-state index in [1.807, 2.05) is 25.7 Å². The fourth-order valence-corrected chi connectivity index (χ4v) is 3.99. The first kappa shape index (κ1) is 15.5. The molecule has 0 saturated carbocycles. The summed E-state index contributed by atoms with van der Waals surface area (Å²) in [7, 11) is 2.30. The molecule has 1 atom stereocenters. The summed E-state index contributed by atoms with van der Waals surface area (Å²) in [5.74, 6) is 0. The van der Waals surface area contributed by atoms with E-state index in [-0.39, 0.29) is 6.04 Å². The standard InChI is InChI=1S/C13H24N4O2S/c1-14-8-12-7-13(10-17(12)3)20(18,19)15-11-5-4-6-16(2)9-11/h7,10-11,14-15H,4-6,8-9H2,1-3H3. The van der Waals surface area contributed by atoms with Crippen LogP contribution in [0.2, 0.25) is 0 Å². The van der Waals surface area contributed by atoms with Crippen LogP contribution in [0.1, 0.15) is 18.5 Å². The molecule has 1 aliphatic heterocycles. The van der Waals surface area contributed by atoms with Gasteiger partial charge in [-0.1, -0.05) is 0 Å². The quantitative estimate of drug-likeness (QED) is 0.810. The summed E-state index contributed by atoms with van der Waals surface area (Å²) in [5, 5.41) is 3.03. The second-order valence-electron chi connectivity index (χ2n) is 5.53. The van der Waals surface area contributed by atoms with Crippen molar-refractivity contribution in [2.45, 2.75) is 30.3 Å². The second kappa shape index (κ2) is 6.26. The van der Waals surface area contributed by atoms with E-state index in [2.05, 4.69) is 14.9 Å². The topological polar surface area (TPSA) is 66.4 Å². The van der Waals surface area contributed by atoms with E-state index in [1.165, 1.54) is 0 Å². The first-order chi connectivity index (χ1) is 9.42. The molecule has 114 valence electrons. The highest BCUT2D eigenvalue weighted by Gasteiger charge is 2.24. The largest absolute Gasteiger partial charge is 0.352 e. The molecule has 0 aliphatic carbocycles. The van der Waals surface area contributed by atoms with Crippen molar-refractivity contribution in [2.75, 3.05) is 27.2 Å². The Morgan fingerprint density at radius 2 is 2.15 bits per heavy atom. The van der Waals surface area contributed by atoms with Crippen LogP contribution in [0, 0.1) is 0 Å². The molecule has 1 fully saturated rings. The Balaban J connectivity index is 2.11. The Bertz CT molecular complexity index is 553. The summed E-state index contributed by atoms with van der Waals surface area (Å²) >= 11 is 0.